The molecule has 1 aliphatic rings. The van der Waals surface area contributed by atoms with Gasteiger partial charge in [-0.05, 0) is 32.1 Å². The first-order valence-electron chi connectivity index (χ1n) is 11.0. The number of nitrogens with one attached hydrogen (secondary N) is 1. The summed E-state index contributed by atoms with van der Waals surface area (Å²) in [4.78, 5) is 20.8. The second kappa shape index (κ2) is 8.59. The van der Waals surface area contributed by atoms with E-state index in [4.69, 9.17) is 13.9 Å². The van der Waals surface area contributed by atoms with Crippen LogP contribution in [0.2, 0.25) is 0 Å². The van der Waals surface area contributed by atoms with E-state index in [0.29, 0.717) is 28.1 Å². The van der Waals surface area contributed by atoms with Crippen LogP contribution in [0.3, 0.4) is 0 Å². The van der Waals surface area contributed by atoms with Gasteiger partial charge in [0.1, 0.15) is 5.75 Å². The quantitative estimate of drug-likeness (QED) is 0.444. The van der Waals surface area contributed by atoms with E-state index in [9.17, 15) is 9.90 Å². The number of aromatic hydroxyl groups is 1. The van der Waals surface area contributed by atoms with E-state index in [-0.39, 0.29) is 23.3 Å². The van der Waals surface area contributed by atoms with Gasteiger partial charge in [0.15, 0.2) is 11.2 Å². The Morgan fingerprint density at radius 3 is 2.76 bits per heavy atom. The van der Waals surface area contributed by atoms with Crippen LogP contribution in [0.4, 0.5) is 0 Å². The Balaban J connectivity index is 1.76. The molecule has 0 bridgehead atoms. The van der Waals surface area contributed by atoms with Crippen molar-refractivity contribution in [3.05, 3.63) is 93.7 Å². The third kappa shape index (κ3) is 3.46. The molecular weight excluding hydrogens is 432 g/mol. The first-order chi connectivity index (χ1) is 16.5. The van der Waals surface area contributed by atoms with Crippen molar-refractivity contribution in [3.63, 3.8) is 0 Å². The van der Waals surface area contributed by atoms with E-state index in [0.717, 1.165) is 16.5 Å². The van der Waals surface area contributed by atoms with Crippen LogP contribution in [0.15, 0.2) is 75.4 Å². The summed E-state index contributed by atoms with van der Waals surface area (Å²) in [5.41, 5.74) is 4.27. The molecule has 1 aliphatic heterocycles. The monoisotopic (exact) mass is 456 g/mol. The number of para-hydroxylation sites is 2. The van der Waals surface area contributed by atoms with Crippen molar-refractivity contribution in [2.75, 3.05) is 13.7 Å². The number of ether oxygens (including phenoxy) is 2. The van der Waals surface area contributed by atoms with Crippen LogP contribution in [0.1, 0.15) is 36.5 Å². The predicted octanol–water partition coefficient (Wildman–Crippen LogP) is 3.91. The topological polar surface area (TPSA) is 97.1 Å². The Hall–Kier alpha value is -4.26. The van der Waals surface area contributed by atoms with Gasteiger partial charge in [-0.2, -0.15) is 0 Å². The van der Waals surface area contributed by atoms with Gasteiger partial charge < -0.3 is 24.0 Å². The van der Waals surface area contributed by atoms with Crippen LogP contribution < -0.4 is 15.7 Å². The Morgan fingerprint density at radius 1 is 1.21 bits per heavy atom. The minimum Gasteiger partial charge on any atom is -0.504 e. The number of allylic oxidation sites excluding steroid dienone is 1. The molecule has 1 unspecified atom stereocenters. The molecule has 2 aromatic heterocycles. The smallest absolute Gasteiger partial charge is 0.336 e. The SMILES string of the molecule is CCOC(=O)C1=C(C)N=c2oc(=Cc3c[nH]c4ccccc34)c(O)c2C1c1ccccc1OC. The number of carbonyl (C=O) groups excluding carboxylic acids is 1. The number of aromatic amines is 1. The second-order valence-corrected chi connectivity index (χ2v) is 7.97. The first-order valence-corrected chi connectivity index (χ1v) is 11.0. The fraction of sp³-hybridized carbons (Fsp3) is 0.185. The Morgan fingerprint density at radius 2 is 1.97 bits per heavy atom. The van der Waals surface area contributed by atoms with Gasteiger partial charge in [0.05, 0.1) is 36.5 Å². The zero-order valence-electron chi connectivity index (χ0n) is 19.1. The van der Waals surface area contributed by atoms with E-state index in [1.54, 1.807) is 27.0 Å². The molecule has 2 aromatic carbocycles. The summed E-state index contributed by atoms with van der Waals surface area (Å²) in [5.74, 6) is -0.656. The number of benzene rings is 2. The second-order valence-electron chi connectivity index (χ2n) is 7.97. The average Bonchev–Trinajstić information content (AvgIpc) is 3.39. The number of H-pyrrole nitrogens is 1. The molecule has 7 nitrogen and oxygen atoms in total. The molecular formula is C27H24N2O5. The number of esters is 1. The van der Waals surface area contributed by atoms with E-state index in [1.165, 1.54) is 0 Å². The summed E-state index contributed by atoms with van der Waals surface area (Å²) in [7, 11) is 1.57. The zero-order chi connectivity index (χ0) is 23.8. The van der Waals surface area contributed by atoms with Crippen molar-refractivity contribution >= 4 is 22.9 Å². The van der Waals surface area contributed by atoms with Crippen molar-refractivity contribution < 1.29 is 23.8 Å². The van der Waals surface area contributed by atoms with Crippen molar-refractivity contribution in [1.29, 1.82) is 0 Å². The van der Waals surface area contributed by atoms with Crippen molar-refractivity contribution in [3.8, 4) is 11.5 Å². The summed E-state index contributed by atoms with van der Waals surface area (Å²) < 4.78 is 17.0. The number of methoxy groups -OCH3 is 1. The third-order valence-corrected chi connectivity index (χ3v) is 6.02. The molecule has 0 aliphatic carbocycles. The molecule has 0 spiro atoms. The summed E-state index contributed by atoms with van der Waals surface area (Å²) >= 11 is 0. The normalized spacial score (nSPS) is 15.9. The highest BCUT2D eigenvalue weighted by atomic mass is 16.5. The number of carbonyl (C=O) groups is 1. The summed E-state index contributed by atoms with van der Waals surface area (Å²) in [6.45, 7) is 3.71. The molecule has 1 atom stereocenters. The highest BCUT2D eigenvalue weighted by Crippen LogP contribution is 2.42. The van der Waals surface area contributed by atoms with Gasteiger partial charge in [0.2, 0.25) is 5.55 Å². The molecule has 34 heavy (non-hydrogen) atoms. The fourth-order valence-corrected chi connectivity index (χ4v) is 4.49. The van der Waals surface area contributed by atoms with Gasteiger partial charge in [-0.1, -0.05) is 36.4 Å². The van der Waals surface area contributed by atoms with E-state index in [1.807, 2.05) is 54.7 Å². The lowest BCUT2D eigenvalue weighted by Crippen LogP contribution is -2.25. The highest BCUT2D eigenvalue weighted by molar-refractivity contribution is 5.93. The Labute approximate surface area is 195 Å². The Kier molecular flexibility index (Phi) is 5.45. The number of hydrogen-bond donors (Lipinski definition) is 2. The molecule has 7 heteroatoms. The molecule has 5 rings (SSSR count). The first kappa shape index (κ1) is 21.6. The summed E-state index contributed by atoms with van der Waals surface area (Å²) in [6, 6.07) is 15.3. The molecule has 0 saturated carbocycles. The minimum atomic E-state index is -0.670. The molecule has 0 radical (unpaired) electrons. The summed E-state index contributed by atoms with van der Waals surface area (Å²) in [5, 5.41) is 12.3. The van der Waals surface area contributed by atoms with E-state index >= 15 is 0 Å². The molecule has 3 heterocycles. The maximum absolute atomic E-state index is 13.0. The number of furan rings is 1. The van der Waals surface area contributed by atoms with Crippen LogP contribution in [0, 0.1) is 0 Å². The maximum Gasteiger partial charge on any atom is 0.336 e. The summed E-state index contributed by atoms with van der Waals surface area (Å²) in [6.07, 6.45) is 3.62. The Bertz CT molecular complexity index is 1560. The fourth-order valence-electron chi connectivity index (χ4n) is 4.49. The molecule has 172 valence electrons. The van der Waals surface area contributed by atoms with Crippen LogP contribution in [0.25, 0.3) is 17.0 Å². The van der Waals surface area contributed by atoms with Gasteiger partial charge in [-0.3, -0.25) is 0 Å². The van der Waals surface area contributed by atoms with Crippen molar-refractivity contribution in [2.24, 2.45) is 4.99 Å². The van der Waals surface area contributed by atoms with Gasteiger partial charge >= 0.3 is 5.97 Å². The van der Waals surface area contributed by atoms with E-state index < -0.39 is 11.9 Å². The predicted molar refractivity (Wildman–Crippen MR) is 127 cm³/mol. The lowest BCUT2D eigenvalue weighted by atomic mass is 9.82. The lowest BCUT2D eigenvalue weighted by Gasteiger charge is -2.24. The zero-order valence-corrected chi connectivity index (χ0v) is 19.1. The maximum atomic E-state index is 13.0. The number of nitrogens with zero attached hydrogens (tertiary/aromatic N) is 1. The number of aromatic nitrogens is 1. The molecule has 2 N–H and O–H groups in total. The van der Waals surface area contributed by atoms with Crippen LogP contribution >= 0.6 is 0 Å². The van der Waals surface area contributed by atoms with E-state index in [2.05, 4.69) is 9.98 Å². The lowest BCUT2D eigenvalue weighted by molar-refractivity contribution is -0.138. The van der Waals surface area contributed by atoms with Gasteiger partial charge in [-0.15, -0.1) is 0 Å². The molecule has 0 saturated heterocycles. The van der Waals surface area contributed by atoms with Crippen LogP contribution in [-0.2, 0) is 9.53 Å². The number of fused-ring (bicyclic) bond motifs is 2. The van der Waals surface area contributed by atoms with Crippen molar-refractivity contribution in [2.45, 2.75) is 19.8 Å². The third-order valence-electron chi connectivity index (χ3n) is 6.02. The van der Waals surface area contributed by atoms with Gasteiger partial charge in [-0.25, -0.2) is 9.79 Å². The molecule has 4 aromatic rings. The van der Waals surface area contributed by atoms with Crippen molar-refractivity contribution in [1.82, 2.24) is 4.98 Å². The molecule has 0 amide bonds. The number of rotatable bonds is 5. The highest BCUT2D eigenvalue weighted by Gasteiger charge is 2.37. The largest absolute Gasteiger partial charge is 0.504 e. The minimum absolute atomic E-state index is 0.0748. The number of hydrogen-bond acceptors (Lipinski definition) is 6. The van der Waals surface area contributed by atoms with Crippen LogP contribution in [0.5, 0.6) is 11.5 Å². The average molecular weight is 456 g/mol. The van der Waals surface area contributed by atoms with Gasteiger partial charge in [0.25, 0.3) is 0 Å². The van der Waals surface area contributed by atoms with Crippen LogP contribution in [-0.4, -0.2) is 29.8 Å². The molecule has 0 fully saturated rings. The van der Waals surface area contributed by atoms with Gasteiger partial charge in [0, 0.05) is 28.2 Å². The standard InChI is InChI=1S/C27H24N2O5/c1-4-33-27(31)22-15(2)29-26-24(23(22)18-10-6-8-12-20(18)32-3)25(30)21(34-26)13-16-14-28-19-11-7-5-9-17(16)19/h5-14,23,28,30H,4H2,1-3H3.